The molecular formula is C12H19F2NO. The summed E-state index contributed by atoms with van der Waals surface area (Å²) in [5.41, 5.74) is 0. The Hall–Kier alpha value is -0.670. The first-order valence-corrected chi connectivity index (χ1v) is 6.08. The number of alkyl halides is 2. The van der Waals surface area contributed by atoms with Gasteiger partial charge in [-0.15, -0.1) is 0 Å². The second kappa shape index (κ2) is 3.97. The highest BCUT2D eigenvalue weighted by Crippen LogP contribution is 2.49. The van der Waals surface area contributed by atoms with E-state index in [1.54, 1.807) is 4.90 Å². The summed E-state index contributed by atoms with van der Waals surface area (Å²) in [7, 11) is 0. The normalized spacial score (nSPS) is 32.9. The Bertz CT molecular complexity index is 291. The van der Waals surface area contributed by atoms with Crippen LogP contribution >= 0.6 is 0 Å². The van der Waals surface area contributed by atoms with E-state index in [0.717, 1.165) is 12.8 Å². The SMILES string of the molecule is CC(C)C1CCCN(C(=O)C2CC2(F)F)C1. The largest absolute Gasteiger partial charge is 0.342 e. The Morgan fingerprint density at radius 1 is 1.44 bits per heavy atom. The monoisotopic (exact) mass is 231 g/mol. The fraction of sp³-hybridized carbons (Fsp3) is 0.917. The lowest BCUT2D eigenvalue weighted by atomic mass is 9.88. The number of hydrogen-bond donors (Lipinski definition) is 0. The maximum absolute atomic E-state index is 12.8. The molecule has 2 atom stereocenters. The molecule has 1 amide bonds. The first kappa shape index (κ1) is 11.8. The van der Waals surface area contributed by atoms with Crippen LogP contribution in [-0.4, -0.2) is 29.8 Å². The third kappa shape index (κ3) is 2.20. The first-order chi connectivity index (χ1) is 7.42. The summed E-state index contributed by atoms with van der Waals surface area (Å²) in [4.78, 5) is 13.4. The Labute approximate surface area is 95.0 Å². The number of hydrogen-bond acceptors (Lipinski definition) is 1. The van der Waals surface area contributed by atoms with Crippen LogP contribution in [0.1, 0.15) is 33.1 Å². The quantitative estimate of drug-likeness (QED) is 0.715. The van der Waals surface area contributed by atoms with Crippen LogP contribution in [-0.2, 0) is 4.79 Å². The molecule has 0 aromatic carbocycles. The summed E-state index contributed by atoms with van der Waals surface area (Å²) < 4.78 is 25.6. The van der Waals surface area contributed by atoms with Crippen molar-refractivity contribution < 1.29 is 13.6 Å². The average molecular weight is 231 g/mol. The van der Waals surface area contributed by atoms with Crippen LogP contribution in [0.2, 0.25) is 0 Å². The summed E-state index contributed by atoms with van der Waals surface area (Å²) in [6.45, 7) is 5.59. The van der Waals surface area contributed by atoms with Crippen molar-refractivity contribution in [2.45, 2.75) is 39.0 Å². The molecule has 1 heterocycles. The molecule has 1 saturated heterocycles. The lowest BCUT2D eigenvalue weighted by molar-refractivity contribution is -0.137. The minimum Gasteiger partial charge on any atom is -0.342 e. The summed E-state index contributed by atoms with van der Waals surface area (Å²) in [6, 6.07) is 0. The third-order valence-electron chi connectivity index (χ3n) is 3.84. The molecule has 1 saturated carbocycles. The second-order valence-corrected chi connectivity index (χ2v) is 5.45. The molecule has 2 aliphatic rings. The number of likely N-dealkylation sites (tertiary alicyclic amines) is 1. The molecule has 0 radical (unpaired) electrons. The van der Waals surface area contributed by atoms with E-state index < -0.39 is 11.8 Å². The predicted molar refractivity (Wildman–Crippen MR) is 57.2 cm³/mol. The van der Waals surface area contributed by atoms with E-state index in [9.17, 15) is 13.6 Å². The summed E-state index contributed by atoms with van der Waals surface area (Å²) in [5, 5.41) is 0. The number of carbonyl (C=O) groups excluding carboxylic acids is 1. The fourth-order valence-electron chi connectivity index (χ4n) is 2.46. The zero-order valence-corrected chi connectivity index (χ0v) is 9.88. The number of piperidine rings is 1. The molecule has 0 N–H and O–H groups in total. The second-order valence-electron chi connectivity index (χ2n) is 5.45. The number of carbonyl (C=O) groups is 1. The van der Waals surface area contributed by atoms with Gasteiger partial charge in [0.1, 0.15) is 5.92 Å². The molecule has 2 nitrogen and oxygen atoms in total. The molecule has 1 aliphatic heterocycles. The van der Waals surface area contributed by atoms with Gasteiger partial charge < -0.3 is 4.90 Å². The highest BCUT2D eigenvalue weighted by Gasteiger charge is 2.62. The standard InChI is InChI=1S/C12H19F2NO/c1-8(2)9-4-3-5-15(7-9)11(16)10-6-12(10,13)14/h8-10H,3-7H2,1-2H3. The number of amides is 1. The maximum atomic E-state index is 12.8. The van der Waals surface area contributed by atoms with Crippen LogP contribution in [0.3, 0.4) is 0 Å². The maximum Gasteiger partial charge on any atom is 0.260 e. The molecule has 1 aliphatic carbocycles. The van der Waals surface area contributed by atoms with Gasteiger partial charge >= 0.3 is 0 Å². The van der Waals surface area contributed by atoms with Gasteiger partial charge in [-0.1, -0.05) is 13.8 Å². The summed E-state index contributed by atoms with van der Waals surface area (Å²) in [5.74, 6) is -3.06. The first-order valence-electron chi connectivity index (χ1n) is 6.08. The van der Waals surface area contributed by atoms with Crippen molar-refractivity contribution in [3.05, 3.63) is 0 Å². The Morgan fingerprint density at radius 3 is 2.56 bits per heavy atom. The number of halogens is 2. The van der Waals surface area contributed by atoms with E-state index in [1.165, 1.54) is 0 Å². The molecule has 2 rings (SSSR count). The van der Waals surface area contributed by atoms with Gasteiger partial charge in [-0.2, -0.15) is 0 Å². The van der Waals surface area contributed by atoms with Crippen LogP contribution in [0.25, 0.3) is 0 Å². The molecule has 0 bridgehead atoms. The van der Waals surface area contributed by atoms with Crippen molar-refractivity contribution in [3.63, 3.8) is 0 Å². The van der Waals surface area contributed by atoms with Gasteiger partial charge in [0.15, 0.2) is 0 Å². The van der Waals surface area contributed by atoms with Gasteiger partial charge in [0.25, 0.3) is 5.92 Å². The molecule has 0 aromatic heterocycles. The van der Waals surface area contributed by atoms with Crippen molar-refractivity contribution in [1.29, 1.82) is 0 Å². The van der Waals surface area contributed by atoms with Gasteiger partial charge in [-0.05, 0) is 24.7 Å². The van der Waals surface area contributed by atoms with Gasteiger partial charge in [0.05, 0.1) is 0 Å². The van der Waals surface area contributed by atoms with Crippen molar-refractivity contribution >= 4 is 5.91 Å². The zero-order chi connectivity index (χ0) is 11.9. The highest BCUT2D eigenvalue weighted by molar-refractivity contribution is 5.83. The predicted octanol–water partition coefficient (Wildman–Crippen LogP) is 2.54. The van der Waals surface area contributed by atoms with E-state index >= 15 is 0 Å². The van der Waals surface area contributed by atoms with Crippen molar-refractivity contribution in [3.8, 4) is 0 Å². The average Bonchev–Trinajstić information content (AvgIpc) is 2.87. The molecule has 92 valence electrons. The molecular weight excluding hydrogens is 212 g/mol. The Morgan fingerprint density at radius 2 is 2.06 bits per heavy atom. The summed E-state index contributed by atoms with van der Waals surface area (Å²) in [6.07, 6.45) is 1.82. The lowest BCUT2D eigenvalue weighted by Crippen LogP contribution is -2.42. The van der Waals surface area contributed by atoms with Gasteiger partial charge in [0, 0.05) is 19.5 Å². The van der Waals surface area contributed by atoms with E-state index in [0.29, 0.717) is 24.9 Å². The van der Waals surface area contributed by atoms with Crippen molar-refractivity contribution in [2.75, 3.05) is 13.1 Å². The molecule has 4 heteroatoms. The molecule has 0 aromatic rings. The van der Waals surface area contributed by atoms with E-state index in [4.69, 9.17) is 0 Å². The number of rotatable bonds is 2. The molecule has 16 heavy (non-hydrogen) atoms. The van der Waals surface area contributed by atoms with Gasteiger partial charge in [0.2, 0.25) is 5.91 Å². The van der Waals surface area contributed by atoms with Crippen LogP contribution in [0, 0.1) is 17.8 Å². The lowest BCUT2D eigenvalue weighted by Gasteiger charge is -2.34. The minimum absolute atomic E-state index is 0.241. The number of nitrogens with zero attached hydrogens (tertiary/aromatic N) is 1. The topological polar surface area (TPSA) is 20.3 Å². The van der Waals surface area contributed by atoms with Gasteiger partial charge in [-0.3, -0.25) is 4.79 Å². The van der Waals surface area contributed by atoms with Crippen molar-refractivity contribution in [2.24, 2.45) is 17.8 Å². The smallest absolute Gasteiger partial charge is 0.260 e. The van der Waals surface area contributed by atoms with Crippen LogP contribution in [0.5, 0.6) is 0 Å². The van der Waals surface area contributed by atoms with Crippen LogP contribution < -0.4 is 0 Å². The third-order valence-corrected chi connectivity index (χ3v) is 3.84. The zero-order valence-electron chi connectivity index (χ0n) is 9.88. The molecule has 0 spiro atoms. The van der Waals surface area contributed by atoms with Gasteiger partial charge in [-0.25, -0.2) is 8.78 Å². The fourth-order valence-corrected chi connectivity index (χ4v) is 2.46. The van der Waals surface area contributed by atoms with E-state index in [2.05, 4.69) is 13.8 Å². The minimum atomic E-state index is -2.72. The summed E-state index contributed by atoms with van der Waals surface area (Å²) >= 11 is 0. The van der Waals surface area contributed by atoms with Crippen LogP contribution in [0.4, 0.5) is 8.78 Å². The molecule has 2 fully saturated rings. The highest BCUT2D eigenvalue weighted by atomic mass is 19.3. The van der Waals surface area contributed by atoms with E-state index in [1.807, 2.05) is 0 Å². The molecule has 2 unspecified atom stereocenters. The Balaban J connectivity index is 1.92. The Kier molecular flexibility index (Phi) is 2.93. The van der Waals surface area contributed by atoms with Crippen LogP contribution in [0.15, 0.2) is 0 Å². The van der Waals surface area contributed by atoms with E-state index in [-0.39, 0.29) is 12.3 Å². The van der Waals surface area contributed by atoms with Crippen molar-refractivity contribution in [1.82, 2.24) is 4.90 Å².